The van der Waals surface area contributed by atoms with Crippen LogP contribution in [0.4, 0.5) is 14.5 Å². The van der Waals surface area contributed by atoms with Crippen molar-refractivity contribution >= 4 is 28.9 Å². The van der Waals surface area contributed by atoms with Crippen molar-refractivity contribution in [3.05, 3.63) is 29.3 Å². The number of hydrazone groups is 1. The molecular weight excluding hydrogens is 238 g/mol. The minimum absolute atomic E-state index is 0.333. The lowest BCUT2D eigenvalue weighted by molar-refractivity contribution is -0.117. The van der Waals surface area contributed by atoms with Crippen LogP contribution in [0, 0.1) is 0 Å². The van der Waals surface area contributed by atoms with Crippen LogP contribution in [0.2, 0.25) is 5.02 Å². The standard InChI is InChI=1S/C10H7ClF2N2O/c11-6-1-3-7(4-2-6)15-9(16)5-8(14-15)10(12)13/h1-4,10H,5H2. The van der Waals surface area contributed by atoms with Crippen LogP contribution in [-0.2, 0) is 4.79 Å². The number of alkyl halides is 2. The Bertz CT molecular complexity index is 445. The maximum atomic E-state index is 12.3. The van der Waals surface area contributed by atoms with Gasteiger partial charge in [-0.1, -0.05) is 11.6 Å². The Hall–Kier alpha value is -1.49. The third-order valence-corrected chi connectivity index (χ3v) is 2.37. The molecule has 0 aromatic heterocycles. The van der Waals surface area contributed by atoms with Gasteiger partial charge in [0.25, 0.3) is 12.3 Å². The third kappa shape index (κ3) is 2.04. The second kappa shape index (κ2) is 4.17. The highest BCUT2D eigenvalue weighted by Gasteiger charge is 2.29. The first-order valence-electron chi connectivity index (χ1n) is 4.52. The molecule has 1 amide bonds. The Labute approximate surface area is 95.3 Å². The Morgan fingerprint density at radius 2 is 1.94 bits per heavy atom. The predicted octanol–water partition coefficient (Wildman–Crippen LogP) is 2.70. The van der Waals surface area contributed by atoms with E-state index in [1.807, 2.05) is 0 Å². The number of benzene rings is 1. The van der Waals surface area contributed by atoms with Crippen molar-refractivity contribution in [1.82, 2.24) is 0 Å². The summed E-state index contributed by atoms with van der Waals surface area (Å²) in [6.07, 6.45) is -3.03. The zero-order valence-electron chi connectivity index (χ0n) is 8.03. The number of halogens is 3. The number of rotatable bonds is 2. The molecule has 16 heavy (non-hydrogen) atoms. The number of hydrogen-bond acceptors (Lipinski definition) is 2. The first-order valence-corrected chi connectivity index (χ1v) is 4.90. The normalized spacial score (nSPS) is 15.9. The van der Waals surface area contributed by atoms with Gasteiger partial charge in [0.15, 0.2) is 0 Å². The molecule has 0 aliphatic carbocycles. The quantitative estimate of drug-likeness (QED) is 0.787. The Morgan fingerprint density at radius 1 is 1.31 bits per heavy atom. The summed E-state index contributed by atoms with van der Waals surface area (Å²) in [4.78, 5) is 11.4. The highest BCUT2D eigenvalue weighted by molar-refractivity contribution is 6.30. The zero-order valence-corrected chi connectivity index (χ0v) is 8.79. The Kier molecular flexibility index (Phi) is 2.87. The maximum absolute atomic E-state index is 12.3. The van der Waals surface area contributed by atoms with Gasteiger partial charge in [-0.15, -0.1) is 0 Å². The number of anilines is 1. The van der Waals surface area contributed by atoms with Gasteiger partial charge in [0.2, 0.25) is 0 Å². The molecule has 1 heterocycles. The second-order valence-electron chi connectivity index (χ2n) is 3.25. The summed E-state index contributed by atoms with van der Waals surface area (Å²) < 4.78 is 24.7. The van der Waals surface area contributed by atoms with Crippen molar-refractivity contribution in [2.75, 3.05) is 5.01 Å². The average Bonchev–Trinajstić information content (AvgIpc) is 2.62. The van der Waals surface area contributed by atoms with Gasteiger partial charge in [-0.25, -0.2) is 13.8 Å². The van der Waals surface area contributed by atoms with E-state index in [1.165, 1.54) is 0 Å². The van der Waals surface area contributed by atoms with Crippen molar-refractivity contribution in [2.45, 2.75) is 12.8 Å². The summed E-state index contributed by atoms with van der Waals surface area (Å²) in [7, 11) is 0. The lowest BCUT2D eigenvalue weighted by Crippen LogP contribution is -2.19. The van der Waals surface area contributed by atoms with Crippen LogP contribution < -0.4 is 5.01 Å². The summed E-state index contributed by atoms with van der Waals surface area (Å²) in [6, 6.07) is 6.25. The molecule has 2 rings (SSSR count). The fourth-order valence-corrected chi connectivity index (χ4v) is 1.48. The van der Waals surface area contributed by atoms with Gasteiger partial charge in [0.1, 0.15) is 5.71 Å². The van der Waals surface area contributed by atoms with Crippen molar-refractivity contribution in [3.8, 4) is 0 Å². The molecular formula is C10H7ClF2N2O. The Morgan fingerprint density at radius 3 is 2.44 bits per heavy atom. The summed E-state index contributed by atoms with van der Waals surface area (Å²) in [5.41, 5.74) is 0.0324. The number of hydrogen-bond donors (Lipinski definition) is 0. The van der Waals surface area contributed by atoms with Gasteiger partial charge in [-0.2, -0.15) is 5.10 Å². The van der Waals surface area contributed by atoms with E-state index in [1.54, 1.807) is 24.3 Å². The molecule has 1 aromatic rings. The van der Waals surface area contributed by atoms with Crippen LogP contribution in [-0.4, -0.2) is 18.0 Å². The number of amides is 1. The molecule has 3 nitrogen and oxygen atoms in total. The minimum Gasteiger partial charge on any atom is -0.272 e. The fourth-order valence-electron chi connectivity index (χ4n) is 1.35. The zero-order chi connectivity index (χ0) is 11.7. The molecule has 0 bridgehead atoms. The first kappa shape index (κ1) is 11.0. The number of carbonyl (C=O) groups is 1. The Balaban J connectivity index is 2.28. The smallest absolute Gasteiger partial charge is 0.272 e. The van der Waals surface area contributed by atoms with Crippen LogP contribution in [0.5, 0.6) is 0 Å². The van der Waals surface area contributed by atoms with E-state index in [-0.39, 0.29) is 6.42 Å². The average molecular weight is 245 g/mol. The van der Waals surface area contributed by atoms with Gasteiger partial charge >= 0.3 is 0 Å². The fraction of sp³-hybridized carbons (Fsp3) is 0.200. The third-order valence-electron chi connectivity index (χ3n) is 2.12. The molecule has 0 N–H and O–H groups in total. The SMILES string of the molecule is O=C1CC(C(F)F)=NN1c1ccc(Cl)cc1. The van der Waals surface area contributed by atoms with Gasteiger partial charge in [-0.3, -0.25) is 4.79 Å². The molecule has 1 aliphatic rings. The van der Waals surface area contributed by atoms with Crippen molar-refractivity contribution in [3.63, 3.8) is 0 Å². The molecule has 1 aromatic carbocycles. The number of carbonyl (C=O) groups excluding carboxylic acids is 1. The summed E-state index contributed by atoms with van der Waals surface area (Å²) in [6.45, 7) is 0. The molecule has 0 radical (unpaired) electrons. The van der Waals surface area contributed by atoms with Crippen LogP contribution in [0.25, 0.3) is 0 Å². The van der Waals surface area contributed by atoms with Crippen molar-refractivity contribution in [1.29, 1.82) is 0 Å². The van der Waals surface area contributed by atoms with E-state index in [4.69, 9.17) is 11.6 Å². The molecule has 84 valence electrons. The molecule has 6 heteroatoms. The van der Waals surface area contributed by atoms with E-state index in [9.17, 15) is 13.6 Å². The topological polar surface area (TPSA) is 32.7 Å². The van der Waals surface area contributed by atoms with Gasteiger partial charge in [0, 0.05) is 5.02 Å². The van der Waals surface area contributed by atoms with E-state index in [0.29, 0.717) is 10.7 Å². The monoisotopic (exact) mass is 244 g/mol. The largest absolute Gasteiger partial charge is 0.278 e. The molecule has 0 fully saturated rings. The predicted molar refractivity (Wildman–Crippen MR) is 57.0 cm³/mol. The van der Waals surface area contributed by atoms with Crippen LogP contribution >= 0.6 is 11.6 Å². The van der Waals surface area contributed by atoms with E-state index in [0.717, 1.165) is 5.01 Å². The highest BCUT2D eigenvalue weighted by Crippen LogP contribution is 2.23. The number of nitrogens with zero attached hydrogens (tertiary/aromatic N) is 2. The van der Waals surface area contributed by atoms with E-state index >= 15 is 0 Å². The summed E-state index contributed by atoms with van der Waals surface area (Å²) in [5, 5.41) is 5.05. The molecule has 0 spiro atoms. The lowest BCUT2D eigenvalue weighted by atomic mass is 10.2. The van der Waals surface area contributed by atoms with Crippen LogP contribution in [0.1, 0.15) is 6.42 Å². The molecule has 0 unspecified atom stereocenters. The molecule has 0 saturated carbocycles. The van der Waals surface area contributed by atoms with Gasteiger partial charge < -0.3 is 0 Å². The van der Waals surface area contributed by atoms with E-state index < -0.39 is 18.0 Å². The van der Waals surface area contributed by atoms with Crippen LogP contribution in [0.15, 0.2) is 29.4 Å². The van der Waals surface area contributed by atoms with Crippen molar-refractivity contribution in [2.24, 2.45) is 5.10 Å². The highest BCUT2D eigenvalue weighted by atomic mass is 35.5. The molecule has 1 aliphatic heterocycles. The first-order chi connectivity index (χ1) is 7.58. The summed E-state index contributed by atoms with van der Waals surface area (Å²) in [5.74, 6) is -0.461. The second-order valence-corrected chi connectivity index (χ2v) is 3.69. The van der Waals surface area contributed by atoms with Crippen molar-refractivity contribution < 1.29 is 13.6 Å². The van der Waals surface area contributed by atoms with Gasteiger partial charge in [-0.05, 0) is 24.3 Å². The summed E-state index contributed by atoms with van der Waals surface area (Å²) >= 11 is 5.67. The molecule has 0 atom stereocenters. The van der Waals surface area contributed by atoms with E-state index in [2.05, 4.69) is 5.10 Å². The maximum Gasteiger partial charge on any atom is 0.278 e. The minimum atomic E-state index is -2.69. The molecule has 0 saturated heterocycles. The van der Waals surface area contributed by atoms with Crippen LogP contribution in [0.3, 0.4) is 0 Å². The van der Waals surface area contributed by atoms with Gasteiger partial charge in [0.05, 0.1) is 12.1 Å². The lowest BCUT2D eigenvalue weighted by Gasteiger charge is -2.10.